The maximum Gasteiger partial charge on any atom is 0.128 e. The van der Waals surface area contributed by atoms with Gasteiger partial charge >= 0.3 is 0 Å². The maximum atomic E-state index is 13.1. The molecule has 0 bridgehead atoms. The Morgan fingerprint density at radius 2 is 2.15 bits per heavy atom. The molecule has 0 amide bonds. The van der Waals surface area contributed by atoms with Crippen molar-refractivity contribution in [1.29, 1.82) is 0 Å². The lowest BCUT2D eigenvalue weighted by Gasteiger charge is -2.13. The molecule has 2 heteroatoms. The molecular formula is C11H16FN. The zero-order valence-electron chi connectivity index (χ0n) is 8.39. The van der Waals surface area contributed by atoms with Crippen LogP contribution in [0, 0.1) is 12.7 Å². The second kappa shape index (κ2) is 4.26. The average molecular weight is 181 g/mol. The Bertz CT molecular complexity index is 283. The zero-order chi connectivity index (χ0) is 9.84. The first kappa shape index (κ1) is 10.0. The van der Waals surface area contributed by atoms with Gasteiger partial charge in [0.25, 0.3) is 0 Å². The minimum absolute atomic E-state index is 0.145. The van der Waals surface area contributed by atoms with Crippen molar-refractivity contribution in [2.75, 3.05) is 5.32 Å². The molecule has 0 spiro atoms. The van der Waals surface area contributed by atoms with Gasteiger partial charge in [0.1, 0.15) is 5.82 Å². The SMILES string of the molecule is CCC(C)Nc1ccc(C)c(F)c1. The van der Waals surface area contributed by atoms with Crippen LogP contribution in [0.2, 0.25) is 0 Å². The molecule has 1 atom stereocenters. The van der Waals surface area contributed by atoms with E-state index in [0.29, 0.717) is 11.6 Å². The van der Waals surface area contributed by atoms with E-state index >= 15 is 0 Å². The van der Waals surface area contributed by atoms with Gasteiger partial charge in [-0.3, -0.25) is 0 Å². The van der Waals surface area contributed by atoms with Gasteiger partial charge < -0.3 is 5.32 Å². The summed E-state index contributed by atoms with van der Waals surface area (Å²) in [6.07, 6.45) is 1.04. The molecule has 0 fully saturated rings. The number of nitrogens with one attached hydrogen (secondary N) is 1. The Hall–Kier alpha value is -1.05. The van der Waals surface area contributed by atoms with Crippen molar-refractivity contribution in [2.24, 2.45) is 0 Å². The molecule has 1 nitrogen and oxygen atoms in total. The molecule has 0 aliphatic heterocycles. The van der Waals surface area contributed by atoms with Crippen molar-refractivity contribution in [2.45, 2.75) is 33.2 Å². The second-order valence-corrected chi connectivity index (χ2v) is 3.42. The van der Waals surface area contributed by atoms with E-state index < -0.39 is 0 Å². The van der Waals surface area contributed by atoms with Gasteiger partial charge in [0.2, 0.25) is 0 Å². The molecule has 1 unspecified atom stereocenters. The highest BCUT2D eigenvalue weighted by atomic mass is 19.1. The number of hydrogen-bond donors (Lipinski definition) is 1. The first-order valence-corrected chi connectivity index (χ1v) is 4.66. The molecular weight excluding hydrogens is 165 g/mol. The van der Waals surface area contributed by atoms with Gasteiger partial charge in [-0.15, -0.1) is 0 Å². The minimum atomic E-state index is -0.145. The van der Waals surface area contributed by atoms with E-state index in [9.17, 15) is 4.39 Å². The van der Waals surface area contributed by atoms with Crippen LogP contribution in [0.4, 0.5) is 10.1 Å². The predicted molar refractivity (Wildman–Crippen MR) is 54.5 cm³/mol. The van der Waals surface area contributed by atoms with Crippen LogP contribution in [0.3, 0.4) is 0 Å². The van der Waals surface area contributed by atoms with Crippen LogP contribution < -0.4 is 5.32 Å². The van der Waals surface area contributed by atoms with E-state index in [0.717, 1.165) is 12.1 Å². The normalized spacial score (nSPS) is 12.6. The number of benzene rings is 1. The molecule has 1 aromatic carbocycles. The number of anilines is 1. The van der Waals surface area contributed by atoms with Gasteiger partial charge in [0.15, 0.2) is 0 Å². The summed E-state index contributed by atoms with van der Waals surface area (Å²) in [5.74, 6) is -0.145. The zero-order valence-corrected chi connectivity index (χ0v) is 8.39. The summed E-state index contributed by atoms with van der Waals surface area (Å²) >= 11 is 0. The summed E-state index contributed by atoms with van der Waals surface area (Å²) in [5, 5.41) is 3.22. The third-order valence-corrected chi connectivity index (χ3v) is 2.20. The smallest absolute Gasteiger partial charge is 0.128 e. The van der Waals surface area contributed by atoms with E-state index in [1.165, 1.54) is 0 Å². The van der Waals surface area contributed by atoms with Gasteiger partial charge in [-0.2, -0.15) is 0 Å². The van der Waals surface area contributed by atoms with Crippen LogP contribution in [-0.4, -0.2) is 6.04 Å². The number of halogens is 1. The summed E-state index contributed by atoms with van der Waals surface area (Å²) < 4.78 is 13.1. The van der Waals surface area contributed by atoms with E-state index in [1.807, 2.05) is 6.07 Å². The molecule has 0 radical (unpaired) electrons. The molecule has 0 saturated heterocycles. The van der Waals surface area contributed by atoms with Crippen molar-refractivity contribution < 1.29 is 4.39 Å². The maximum absolute atomic E-state index is 13.1. The van der Waals surface area contributed by atoms with Crippen LogP contribution in [-0.2, 0) is 0 Å². The van der Waals surface area contributed by atoms with Crippen molar-refractivity contribution in [3.63, 3.8) is 0 Å². The Morgan fingerprint density at radius 1 is 1.46 bits per heavy atom. The number of aryl methyl sites for hydroxylation is 1. The monoisotopic (exact) mass is 181 g/mol. The fraction of sp³-hybridized carbons (Fsp3) is 0.455. The molecule has 0 heterocycles. The van der Waals surface area contributed by atoms with Gasteiger partial charge in [-0.1, -0.05) is 13.0 Å². The van der Waals surface area contributed by atoms with Crippen molar-refractivity contribution in [1.82, 2.24) is 0 Å². The van der Waals surface area contributed by atoms with Gasteiger partial charge in [0.05, 0.1) is 0 Å². The first-order chi connectivity index (χ1) is 6.13. The molecule has 0 aliphatic rings. The fourth-order valence-corrected chi connectivity index (χ4v) is 1.07. The Morgan fingerprint density at radius 3 is 2.69 bits per heavy atom. The predicted octanol–water partition coefficient (Wildman–Crippen LogP) is 3.34. The first-order valence-electron chi connectivity index (χ1n) is 4.66. The quantitative estimate of drug-likeness (QED) is 0.754. The van der Waals surface area contributed by atoms with Crippen LogP contribution in [0.1, 0.15) is 25.8 Å². The van der Waals surface area contributed by atoms with E-state index in [2.05, 4.69) is 19.2 Å². The largest absolute Gasteiger partial charge is 0.383 e. The molecule has 0 aromatic heterocycles. The van der Waals surface area contributed by atoms with Crippen molar-refractivity contribution in [3.8, 4) is 0 Å². The number of rotatable bonds is 3. The molecule has 1 N–H and O–H groups in total. The molecule has 0 saturated carbocycles. The van der Waals surface area contributed by atoms with Gasteiger partial charge in [0, 0.05) is 11.7 Å². The highest BCUT2D eigenvalue weighted by Gasteiger charge is 2.01. The highest BCUT2D eigenvalue weighted by Crippen LogP contribution is 2.14. The van der Waals surface area contributed by atoms with Crippen LogP contribution in [0.15, 0.2) is 18.2 Å². The summed E-state index contributed by atoms with van der Waals surface area (Å²) in [7, 11) is 0. The molecule has 1 aromatic rings. The lowest BCUT2D eigenvalue weighted by atomic mass is 10.2. The van der Waals surface area contributed by atoms with Gasteiger partial charge in [-0.25, -0.2) is 4.39 Å². The topological polar surface area (TPSA) is 12.0 Å². The van der Waals surface area contributed by atoms with Crippen LogP contribution in [0.25, 0.3) is 0 Å². The molecule has 13 heavy (non-hydrogen) atoms. The third kappa shape index (κ3) is 2.72. The van der Waals surface area contributed by atoms with E-state index in [4.69, 9.17) is 0 Å². The van der Waals surface area contributed by atoms with Crippen LogP contribution >= 0.6 is 0 Å². The standard InChI is InChI=1S/C11H16FN/c1-4-9(3)13-10-6-5-8(2)11(12)7-10/h5-7,9,13H,4H2,1-3H3. The fourth-order valence-electron chi connectivity index (χ4n) is 1.07. The minimum Gasteiger partial charge on any atom is -0.383 e. The van der Waals surface area contributed by atoms with Crippen LogP contribution in [0.5, 0.6) is 0 Å². The average Bonchev–Trinajstić information content (AvgIpc) is 2.11. The van der Waals surface area contributed by atoms with E-state index in [1.54, 1.807) is 19.1 Å². The van der Waals surface area contributed by atoms with Crippen molar-refractivity contribution in [3.05, 3.63) is 29.6 Å². The summed E-state index contributed by atoms with van der Waals surface area (Å²) in [4.78, 5) is 0. The molecule has 72 valence electrons. The third-order valence-electron chi connectivity index (χ3n) is 2.20. The summed E-state index contributed by atoms with van der Waals surface area (Å²) in [6, 6.07) is 5.63. The van der Waals surface area contributed by atoms with Crippen molar-refractivity contribution >= 4 is 5.69 Å². The summed E-state index contributed by atoms with van der Waals surface area (Å²) in [5.41, 5.74) is 1.55. The van der Waals surface area contributed by atoms with Gasteiger partial charge in [-0.05, 0) is 38.0 Å². The molecule has 1 rings (SSSR count). The highest BCUT2D eigenvalue weighted by molar-refractivity contribution is 5.45. The lowest BCUT2D eigenvalue weighted by molar-refractivity contribution is 0.618. The second-order valence-electron chi connectivity index (χ2n) is 3.42. The number of hydrogen-bond acceptors (Lipinski definition) is 1. The summed E-state index contributed by atoms with van der Waals surface area (Å²) in [6.45, 7) is 5.95. The Balaban J connectivity index is 2.73. The van der Waals surface area contributed by atoms with E-state index in [-0.39, 0.29) is 5.82 Å². The Labute approximate surface area is 79.0 Å². The lowest BCUT2D eigenvalue weighted by Crippen LogP contribution is -2.13. The Kier molecular flexibility index (Phi) is 3.29. The molecule has 0 aliphatic carbocycles.